The van der Waals surface area contributed by atoms with Crippen molar-refractivity contribution >= 4 is 29.3 Å². The van der Waals surface area contributed by atoms with Crippen LogP contribution in [0.5, 0.6) is 0 Å². The first kappa shape index (κ1) is 17.5. The van der Waals surface area contributed by atoms with Crippen molar-refractivity contribution in [1.29, 1.82) is 5.26 Å². The minimum Gasteiger partial charge on any atom is -0.457 e. The summed E-state index contributed by atoms with van der Waals surface area (Å²) in [6.45, 7) is 1.93. The van der Waals surface area contributed by atoms with Crippen LogP contribution in [0.25, 0.3) is 17.4 Å². The van der Waals surface area contributed by atoms with E-state index < -0.39 is 5.91 Å². The molecule has 128 valence electrons. The highest BCUT2D eigenvalue weighted by molar-refractivity contribution is 6.30. The second-order valence-electron chi connectivity index (χ2n) is 5.71. The maximum absolute atomic E-state index is 12.3. The Morgan fingerprint density at radius 3 is 2.69 bits per heavy atom. The maximum atomic E-state index is 12.3. The lowest BCUT2D eigenvalue weighted by Crippen LogP contribution is -2.13. The number of hydrogen-bond donors (Lipinski definition) is 1. The highest BCUT2D eigenvalue weighted by Crippen LogP contribution is 2.25. The molecule has 26 heavy (non-hydrogen) atoms. The topological polar surface area (TPSA) is 66.0 Å². The van der Waals surface area contributed by atoms with Crippen molar-refractivity contribution in [3.05, 3.63) is 82.6 Å². The number of halogens is 1. The number of furan rings is 1. The Labute approximate surface area is 156 Å². The molecule has 2 aromatic carbocycles. The Hall–Kier alpha value is -3.29. The number of aryl methyl sites for hydroxylation is 1. The lowest BCUT2D eigenvalue weighted by molar-refractivity contribution is -0.112. The van der Waals surface area contributed by atoms with E-state index >= 15 is 0 Å². The van der Waals surface area contributed by atoms with Crippen LogP contribution in [0.4, 0.5) is 5.69 Å². The van der Waals surface area contributed by atoms with E-state index in [0.717, 1.165) is 11.1 Å². The van der Waals surface area contributed by atoms with Crippen molar-refractivity contribution in [1.82, 2.24) is 0 Å². The predicted octanol–water partition coefficient (Wildman–Crippen LogP) is 5.45. The first-order chi connectivity index (χ1) is 12.5. The molecule has 0 saturated carbocycles. The lowest BCUT2D eigenvalue weighted by Gasteiger charge is -2.04. The highest BCUT2D eigenvalue weighted by atomic mass is 35.5. The van der Waals surface area contributed by atoms with Crippen LogP contribution in [-0.4, -0.2) is 5.91 Å². The van der Waals surface area contributed by atoms with Gasteiger partial charge in [-0.1, -0.05) is 35.9 Å². The summed E-state index contributed by atoms with van der Waals surface area (Å²) in [7, 11) is 0. The van der Waals surface area contributed by atoms with Gasteiger partial charge in [-0.3, -0.25) is 4.79 Å². The van der Waals surface area contributed by atoms with Crippen LogP contribution in [-0.2, 0) is 4.79 Å². The van der Waals surface area contributed by atoms with Gasteiger partial charge in [-0.2, -0.15) is 5.26 Å². The second kappa shape index (κ2) is 7.73. The second-order valence-corrected chi connectivity index (χ2v) is 6.14. The number of rotatable bonds is 4. The summed E-state index contributed by atoms with van der Waals surface area (Å²) in [5.41, 5.74) is 2.43. The monoisotopic (exact) mass is 362 g/mol. The largest absolute Gasteiger partial charge is 0.457 e. The summed E-state index contributed by atoms with van der Waals surface area (Å²) in [6, 6.07) is 20.0. The van der Waals surface area contributed by atoms with Crippen LogP contribution in [0.3, 0.4) is 0 Å². The normalized spacial score (nSPS) is 11.0. The van der Waals surface area contributed by atoms with Gasteiger partial charge >= 0.3 is 0 Å². The fourth-order valence-corrected chi connectivity index (χ4v) is 2.63. The van der Waals surface area contributed by atoms with E-state index in [0.29, 0.717) is 22.2 Å². The van der Waals surface area contributed by atoms with Crippen LogP contribution < -0.4 is 5.32 Å². The van der Waals surface area contributed by atoms with E-state index in [1.165, 1.54) is 6.08 Å². The zero-order valence-electron chi connectivity index (χ0n) is 14.0. The summed E-state index contributed by atoms with van der Waals surface area (Å²) in [5, 5.41) is 12.6. The summed E-state index contributed by atoms with van der Waals surface area (Å²) >= 11 is 5.99. The molecule has 1 heterocycles. The molecular formula is C21H15ClN2O2. The number of carbonyl (C=O) groups is 1. The SMILES string of the molecule is Cc1cccc(NC(=O)/C(C#N)=C\c2ccc(-c3cccc(Cl)c3)o2)c1. The average Bonchev–Trinajstić information content (AvgIpc) is 3.08. The summed E-state index contributed by atoms with van der Waals surface area (Å²) in [5.74, 6) is 0.532. The number of amides is 1. The van der Waals surface area contributed by atoms with E-state index in [1.807, 2.05) is 43.3 Å². The van der Waals surface area contributed by atoms with E-state index in [-0.39, 0.29) is 5.57 Å². The third-order valence-corrected chi connectivity index (χ3v) is 3.90. The predicted molar refractivity (Wildman–Crippen MR) is 103 cm³/mol. The fourth-order valence-electron chi connectivity index (χ4n) is 2.44. The van der Waals surface area contributed by atoms with Crippen molar-refractivity contribution in [3.8, 4) is 17.4 Å². The molecule has 0 aliphatic carbocycles. The molecule has 3 aromatic rings. The summed E-state index contributed by atoms with van der Waals surface area (Å²) in [6.07, 6.45) is 1.42. The maximum Gasteiger partial charge on any atom is 0.266 e. The van der Waals surface area contributed by atoms with Crippen LogP contribution in [0.15, 0.2) is 70.7 Å². The Morgan fingerprint density at radius 1 is 1.15 bits per heavy atom. The van der Waals surface area contributed by atoms with Gasteiger partial charge in [0.1, 0.15) is 23.2 Å². The van der Waals surface area contributed by atoms with Crippen LogP contribution in [0.2, 0.25) is 5.02 Å². The molecule has 4 nitrogen and oxygen atoms in total. The minimum absolute atomic E-state index is 0.0431. The summed E-state index contributed by atoms with van der Waals surface area (Å²) < 4.78 is 5.71. The number of nitrogens with zero attached hydrogens (tertiary/aromatic N) is 1. The number of hydrogen-bond acceptors (Lipinski definition) is 3. The van der Waals surface area contributed by atoms with Gasteiger partial charge in [0, 0.05) is 22.3 Å². The highest BCUT2D eigenvalue weighted by Gasteiger charge is 2.11. The van der Waals surface area contributed by atoms with Crippen molar-refractivity contribution in [2.75, 3.05) is 5.32 Å². The Kier molecular flexibility index (Phi) is 5.21. The van der Waals surface area contributed by atoms with E-state index in [1.54, 1.807) is 30.3 Å². The number of benzene rings is 2. The standard InChI is InChI=1S/C21H15ClN2O2/c1-14-4-2-7-18(10-14)24-21(25)16(13-23)12-19-8-9-20(26-19)15-5-3-6-17(22)11-15/h2-12H,1H3,(H,24,25)/b16-12-. The van der Waals surface area contributed by atoms with Crippen LogP contribution in [0, 0.1) is 18.3 Å². The quantitative estimate of drug-likeness (QED) is 0.495. The Balaban J connectivity index is 1.81. The van der Waals surface area contributed by atoms with Crippen molar-refractivity contribution in [2.45, 2.75) is 6.92 Å². The Bertz CT molecular complexity index is 1030. The molecule has 0 bridgehead atoms. The smallest absolute Gasteiger partial charge is 0.266 e. The van der Waals surface area contributed by atoms with E-state index in [4.69, 9.17) is 16.0 Å². The zero-order chi connectivity index (χ0) is 18.5. The molecule has 1 amide bonds. The van der Waals surface area contributed by atoms with Gasteiger partial charge in [-0.05, 0) is 48.9 Å². The minimum atomic E-state index is -0.487. The molecule has 0 radical (unpaired) electrons. The number of nitrogens with one attached hydrogen (secondary N) is 1. The van der Waals surface area contributed by atoms with Gasteiger partial charge in [0.2, 0.25) is 0 Å². The summed E-state index contributed by atoms with van der Waals surface area (Å²) in [4.78, 5) is 12.3. The van der Waals surface area contributed by atoms with E-state index in [9.17, 15) is 10.1 Å². The molecule has 0 spiro atoms. The fraction of sp³-hybridized carbons (Fsp3) is 0.0476. The third-order valence-electron chi connectivity index (χ3n) is 3.66. The van der Waals surface area contributed by atoms with Crippen LogP contribution in [0.1, 0.15) is 11.3 Å². The van der Waals surface area contributed by atoms with Gasteiger partial charge in [0.15, 0.2) is 0 Å². The number of carbonyl (C=O) groups excluding carboxylic acids is 1. The average molecular weight is 363 g/mol. The number of nitriles is 1. The van der Waals surface area contributed by atoms with Crippen molar-refractivity contribution in [2.24, 2.45) is 0 Å². The van der Waals surface area contributed by atoms with Crippen LogP contribution >= 0.6 is 11.6 Å². The number of anilines is 1. The van der Waals surface area contributed by atoms with Gasteiger partial charge < -0.3 is 9.73 Å². The van der Waals surface area contributed by atoms with Gasteiger partial charge in [0.05, 0.1) is 0 Å². The lowest BCUT2D eigenvalue weighted by atomic mass is 10.2. The van der Waals surface area contributed by atoms with Gasteiger partial charge in [-0.25, -0.2) is 0 Å². The van der Waals surface area contributed by atoms with Gasteiger partial charge in [0.25, 0.3) is 5.91 Å². The van der Waals surface area contributed by atoms with Crippen molar-refractivity contribution < 1.29 is 9.21 Å². The molecular weight excluding hydrogens is 348 g/mol. The molecule has 0 fully saturated rings. The molecule has 0 unspecified atom stereocenters. The van der Waals surface area contributed by atoms with E-state index in [2.05, 4.69) is 5.32 Å². The molecule has 3 rings (SSSR count). The zero-order valence-corrected chi connectivity index (χ0v) is 14.7. The molecule has 0 aliphatic rings. The molecule has 0 saturated heterocycles. The first-order valence-electron chi connectivity index (χ1n) is 7.91. The molecule has 0 aliphatic heterocycles. The molecule has 1 aromatic heterocycles. The first-order valence-corrected chi connectivity index (χ1v) is 8.28. The Morgan fingerprint density at radius 2 is 1.96 bits per heavy atom. The van der Waals surface area contributed by atoms with Gasteiger partial charge in [-0.15, -0.1) is 0 Å². The third kappa shape index (κ3) is 4.21. The van der Waals surface area contributed by atoms with Crippen molar-refractivity contribution in [3.63, 3.8) is 0 Å². The molecule has 1 N–H and O–H groups in total. The molecule has 0 atom stereocenters. The molecule has 5 heteroatoms.